The Balaban J connectivity index is 1.49. The Morgan fingerprint density at radius 3 is 2.41 bits per heavy atom. The van der Waals surface area contributed by atoms with Gasteiger partial charge in [-0.05, 0) is 12.1 Å². The molecule has 0 aliphatic carbocycles. The summed E-state index contributed by atoms with van der Waals surface area (Å²) < 4.78 is 53.2. The van der Waals surface area contributed by atoms with Gasteiger partial charge in [-0.1, -0.05) is 17.8 Å². The van der Waals surface area contributed by atoms with Crippen molar-refractivity contribution < 1.29 is 31.6 Å². The Morgan fingerprint density at radius 2 is 1.85 bits per heavy atom. The molecule has 27 heavy (non-hydrogen) atoms. The van der Waals surface area contributed by atoms with Crippen LogP contribution in [0.5, 0.6) is 0 Å². The number of carbonyl (C=O) groups is 3. The van der Waals surface area contributed by atoms with Gasteiger partial charge in [0.2, 0.25) is 21.8 Å². The first-order valence-corrected chi connectivity index (χ1v) is 10.4. The van der Waals surface area contributed by atoms with Crippen molar-refractivity contribution in [2.45, 2.75) is 17.4 Å². The zero-order valence-electron chi connectivity index (χ0n) is 13.9. The number of thioether (sulfide) groups is 1. The van der Waals surface area contributed by atoms with E-state index >= 15 is 0 Å². The summed E-state index contributed by atoms with van der Waals surface area (Å²) in [5.41, 5.74) is 0. The van der Waals surface area contributed by atoms with Crippen LogP contribution in [0.2, 0.25) is 0 Å². The third-order valence-corrected chi connectivity index (χ3v) is 6.53. The number of benzene rings is 1. The summed E-state index contributed by atoms with van der Waals surface area (Å²) in [6.07, 6.45) is -0.224. The fraction of sp³-hybridized carbons (Fsp3) is 0.400. The maximum atomic E-state index is 13.6. The van der Waals surface area contributed by atoms with Crippen molar-refractivity contribution in [1.29, 1.82) is 0 Å². The van der Waals surface area contributed by atoms with E-state index in [9.17, 15) is 31.6 Å². The molecule has 146 valence electrons. The number of sulfonamides is 1. The molecule has 0 bridgehead atoms. The first-order valence-electron chi connectivity index (χ1n) is 7.91. The summed E-state index contributed by atoms with van der Waals surface area (Å²) in [5, 5.41) is -0.336. The molecule has 3 rings (SSSR count). The molecule has 0 spiro atoms. The monoisotopic (exact) mass is 419 g/mol. The molecular weight excluding hydrogens is 404 g/mol. The van der Waals surface area contributed by atoms with Gasteiger partial charge >= 0.3 is 0 Å². The molecule has 0 atom stereocenters. The molecule has 0 radical (unpaired) electrons. The van der Waals surface area contributed by atoms with Crippen LogP contribution in [-0.4, -0.2) is 66.7 Å². The second-order valence-electron chi connectivity index (χ2n) is 5.97. The highest BCUT2D eigenvalue weighted by Gasteiger charge is 2.43. The number of halogens is 2. The van der Waals surface area contributed by atoms with Gasteiger partial charge in [-0.25, -0.2) is 21.9 Å². The minimum atomic E-state index is -4.44. The maximum absolute atomic E-state index is 13.6. The topological polar surface area (TPSA) is 104 Å². The van der Waals surface area contributed by atoms with E-state index in [1.807, 2.05) is 4.72 Å². The maximum Gasteiger partial charge on any atom is 0.289 e. The number of rotatable bonds is 6. The molecule has 2 fully saturated rings. The zero-order valence-corrected chi connectivity index (χ0v) is 15.5. The predicted molar refractivity (Wildman–Crippen MR) is 91.2 cm³/mol. The van der Waals surface area contributed by atoms with E-state index in [2.05, 4.69) is 0 Å². The van der Waals surface area contributed by atoms with Gasteiger partial charge in [-0.15, -0.1) is 0 Å². The molecule has 1 aromatic carbocycles. The highest BCUT2D eigenvalue weighted by Crippen LogP contribution is 2.26. The van der Waals surface area contributed by atoms with Crippen molar-refractivity contribution in [3.8, 4) is 0 Å². The van der Waals surface area contributed by atoms with Crippen LogP contribution in [0.15, 0.2) is 23.1 Å². The molecule has 2 aliphatic heterocycles. The summed E-state index contributed by atoms with van der Waals surface area (Å²) in [4.78, 5) is 36.7. The van der Waals surface area contributed by atoms with Crippen LogP contribution in [0.3, 0.4) is 0 Å². The minimum absolute atomic E-state index is 0.0949. The molecule has 8 nitrogen and oxygen atoms in total. The van der Waals surface area contributed by atoms with Crippen molar-refractivity contribution >= 4 is 38.8 Å². The number of amides is 3. The van der Waals surface area contributed by atoms with Crippen molar-refractivity contribution in [3.05, 3.63) is 29.8 Å². The number of carbonyl (C=O) groups excluding carboxylic acids is 3. The third kappa shape index (κ3) is 3.96. The number of hydrogen-bond acceptors (Lipinski definition) is 6. The lowest BCUT2D eigenvalue weighted by molar-refractivity contribution is -0.141. The van der Waals surface area contributed by atoms with Crippen LogP contribution in [0.1, 0.15) is 6.42 Å². The number of nitrogens with zero attached hydrogens (tertiary/aromatic N) is 2. The summed E-state index contributed by atoms with van der Waals surface area (Å²) in [7, 11) is -4.44. The van der Waals surface area contributed by atoms with Gasteiger partial charge in [-0.2, -0.15) is 0 Å². The second kappa shape index (κ2) is 7.52. The van der Waals surface area contributed by atoms with E-state index in [1.54, 1.807) is 0 Å². The molecule has 2 saturated heterocycles. The van der Waals surface area contributed by atoms with Crippen molar-refractivity contribution in [2.75, 3.05) is 25.4 Å². The van der Waals surface area contributed by atoms with Crippen LogP contribution >= 0.6 is 11.8 Å². The van der Waals surface area contributed by atoms with Crippen LogP contribution in [0, 0.1) is 11.6 Å². The lowest BCUT2D eigenvalue weighted by Gasteiger charge is -2.42. The Labute approximate surface area is 157 Å². The Morgan fingerprint density at radius 1 is 1.22 bits per heavy atom. The van der Waals surface area contributed by atoms with Gasteiger partial charge in [0.05, 0.1) is 11.8 Å². The van der Waals surface area contributed by atoms with E-state index in [-0.39, 0.29) is 49.0 Å². The van der Waals surface area contributed by atoms with Gasteiger partial charge < -0.3 is 4.90 Å². The number of likely N-dealkylation sites (tertiary alicyclic amines) is 1. The van der Waals surface area contributed by atoms with Crippen molar-refractivity contribution in [3.63, 3.8) is 0 Å². The average molecular weight is 419 g/mol. The Hall–Kier alpha value is -2.05. The standard InChI is InChI=1S/C15H15F2N3O5S2/c16-10-2-1-3-11(17)14(10)27(24,25)18-5-4-12(21)19-6-9(7-19)20-13(22)8-26-15(20)23/h1-3,9,18H,4-8H2. The van der Waals surface area contributed by atoms with E-state index in [0.717, 1.165) is 34.9 Å². The smallest absolute Gasteiger partial charge is 0.289 e. The summed E-state index contributed by atoms with van der Waals surface area (Å²) >= 11 is 0.914. The lowest BCUT2D eigenvalue weighted by atomic mass is 10.1. The Kier molecular flexibility index (Phi) is 5.49. The van der Waals surface area contributed by atoms with Crippen LogP contribution in [0.25, 0.3) is 0 Å². The molecule has 3 amide bonds. The molecule has 0 aromatic heterocycles. The number of imide groups is 1. The normalized spacial score (nSPS) is 18.1. The first-order chi connectivity index (χ1) is 12.7. The van der Waals surface area contributed by atoms with Gasteiger partial charge in [0, 0.05) is 26.1 Å². The summed E-state index contributed by atoms with van der Waals surface area (Å²) in [5.74, 6) is -3.04. The first kappa shape index (κ1) is 19.7. The van der Waals surface area contributed by atoms with Crippen molar-refractivity contribution in [2.24, 2.45) is 0 Å². The SMILES string of the molecule is O=C(CCNS(=O)(=O)c1c(F)cccc1F)N1CC(N2C(=O)CSC2=O)C1. The highest BCUT2D eigenvalue weighted by molar-refractivity contribution is 8.14. The molecular formula is C15H15F2N3O5S2. The molecule has 1 N–H and O–H groups in total. The summed E-state index contributed by atoms with van der Waals surface area (Å²) in [6, 6.07) is 2.32. The minimum Gasteiger partial charge on any atom is -0.338 e. The van der Waals surface area contributed by atoms with E-state index in [4.69, 9.17) is 0 Å². The molecule has 0 saturated carbocycles. The largest absolute Gasteiger partial charge is 0.338 e. The van der Waals surface area contributed by atoms with Gasteiger partial charge in [0.25, 0.3) is 5.24 Å². The fourth-order valence-electron chi connectivity index (χ4n) is 2.80. The zero-order chi connectivity index (χ0) is 19.8. The van der Waals surface area contributed by atoms with Gasteiger partial charge in [0.15, 0.2) is 4.90 Å². The van der Waals surface area contributed by atoms with Crippen LogP contribution in [-0.2, 0) is 19.6 Å². The molecule has 12 heteroatoms. The quantitative estimate of drug-likeness (QED) is 0.722. The number of nitrogens with one attached hydrogen (secondary N) is 1. The van der Waals surface area contributed by atoms with Crippen molar-refractivity contribution in [1.82, 2.24) is 14.5 Å². The van der Waals surface area contributed by atoms with Crippen LogP contribution < -0.4 is 4.72 Å². The van der Waals surface area contributed by atoms with E-state index in [1.165, 1.54) is 4.90 Å². The summed E-state index contributed by atoms with van der Waals surface area (Å²) in [6.45, 7) is 0.0324. The van der Waals surface area contributed by atoms with E-state index in [0.29, 0.717) is 0 Å². The second-order valence-corrected chi connectivity index (χ2v) is 8.60. The molecule has 2 aliphatic rings. The molecule has 0 unspecified atom stereocenters. The predicted octanol–water partition coefficient (Wildman–Crippen LogP) is 0.539. The highest BCUT2D eigenvalue weighted by atomic mass is 32.2. The van der Waals surface area contributed by atoms with Gasteiger partial charge in [-0.3, -0.25) is 19.3 Å². The number of hydrogen-bond donors (Lipinski definition) is 1. The fourth-order valence-corrected chi connectivity index (χ4v) is 4.74. The Bertz CT molecular complexity index is 866. The molecule has 2 heterocycles. The van der Waals surface area contributed by atoms with E-state index < -0.39 is 32.5 Å². The molecule has 1 aromatic rings. The van der Waals surface area contributed by atoms with Gasteiger partial charge in [0.1, 0.15) is 11.6 Å². The lowest BCUT2D eigenvalue weighted by Crippen LogP contribution is -2.62. The van der Waals surface area contributed by atoms with Crippen LogP contribution in [0.4, 0.5) is 13.6 Å². The third-order valence-electron chi connectivity index (χ3n) is 4.18. The average Bonchev–Trinajstić information content (AvgIpc) is 2.85.